The highest BCUT2D eigenvalue weighted by Crippen LogP contribution is 2.46. The summed E-state index contributed by atoms with van der Waals surface area (Å²) < 4.78 is 13.6. The second-order valence-electron chi connectivity index (χ2n) is 7.29. The third-order valence-electron chi connectivity index (χ3n) is 5.25. The van der Waals surface area contributed by atoms with Crippen molar-refractivity contribution in [3.05, 3.63) is 18.2 Å². The predicted molar refractivity (Wildman–Crippen MR) is 92.2 cm³/mol. The molecule has 3 aliphatic rings. The zero-order valence-corrected chi connectivity index (χ0v) is 15.0. The lowest BCUT2D eigenvalue weighted by Crippen LogP contribution is -2.60. The van der Waals surface area contributed by atoms with Gasteiger partial charge in [0.25, 0.3) is 5.91 Å². The number of carbonyl (C=O) groups is 1. The molecule has 1 amide bonds. The van der Waals surface area contributed by atoms with E-state index in [-0.39, 0.29) is 10.7 Å². The molecule has 1 aromatic rings. The van der Waals surface area contributed by atoms with Crippen LogP contribution >= 0.6 is 11.8 Å². The molecule has 24 heavy (non-hydrogen) atoms. The first kappa shape index (κ1) is 16.4. The van der Waals surface area contributed by atoms with Crippen molar-refractivity contribution in [1.82, 2.24) is 14.5 Å². The largest absolute Gasteiger partial charge is 0.381 e. The fourth-order valence-corrected chi connectivity index (χ4v) is 5.34. The molecule has 6 nitrogen and oxygen atoms in total. The molecule has 0 aromatic carbocycles. The van der Waals surface area contributed by atoms with Gasteiger partial charge in [0.1, 0.15) is 5.69 Å². The van der Waals surface area contributed by atoms with Crippen LogP contribution in [0.5, 0.6) is 0 Å². The van der Waals surface area contributed by atoms with Gasteiger partial charge in [-0.3, -0.25) is 4.79 Å². The van der Waals surface area contributed by atoms with E-state index in [1.54, 1.807) is 12.5 Å². The molecule has 4 heterocycles. The Morgan fingerprint density at radius 1 is 1.46 bits per heavy atom. The first-order valence-corrected chi connectivity index (χ1v) is 9.73. The summed E-state index contributed by atoms with van der Waals surface area (Å²) in [5.41, 5.74) is 0.544. The van der Waals surface area contributed by atoms with Crippen LogP contribution in [0.4, 0.5) is 0 Å². The summed E-state index contributed by atoms with van der Waals surface area (Å²) in [5.74, 6) is 1.76. The highest BCUT2D eigenvalue weighted by Gasteiger charge is 2.51. The lowest BCUT2D eigenvalue weighted by atomic mass is 9.92. The minimum absolute atomic E-state index is 0.0494. The quantitative estimate of drug-likeness (QED) is 0.824. The number of likely N-dealkylation sites (tertiary alicyclic amines) is 1. The molecule has 4 rings (SSSR count). The van der Waals surface area contributed by atoms with Gasteiger partial charge in [0.05, 0.1) is 17.2 Å². The summed E-state index contributed by atoms with van der Waals surface area (Å²) in [6.45, 7) is 4.26. The van der Waals surface area contributed by atoms with E-state index in [0.29, 0.717) is 17.7 Å². The number of aryl methyl sites for hydroxylation is 1. The van der Waals surface area contributed by atoms with Gasteiger partial charge in [0, 0.05) is 51.9 Å². The first-order valence-electron chi connectivity index (χ1n) is 8.74. The van der Waals surface area contributed by atoms with Crippen molar-refractivity contribution in [2.24, 2.45) is 13.0 Å². The summed E-state index contributed by atoms with van der Waals surface area (Å²) in [7, 11) is 1.88. The molecule has 3 saturated heterocycles. The maximum atomic E-state index is 12.4. The first-order chi connectivity index (χ1) is 11.6. The fraction of sp³-hybridized carbons (Fsp3) is 0.765. The van der Waals surface area contributed by atoms with Crippen molar-refractivity contribution in [2.45, 2.75) is 30.1 Å². The number of imidazole rings is 1. The Bertz CT molecular complexity index is 594. The van der Waals surface area contributed by atoms with E-state index in [1.165, 1.54) is 0 Å². The maximum Gasteiger partial charge on any atom is 0.274 e. The van der Waals surface area contributed by atoms with Crippen LogP contribution in [0.3, 0.4) is 0 Å². The van der Waals surface area contributed by atoms with Gasteiger partial charge in [0.2, 0.25) is 0 Å². The molecule has 0 N–H and O–H groups in total. The zero-order valence-electron chi connectivity index (χ0n) is 14.1. The second kappa shape index (κ2) is 6.69. The Kier molecular flexibility index (Phi) is 4.58. The number of nitrogens with zero attached hydrogens (tertiary/aromatic N) is 3. The van der Waals surface area contributed by atoms with Gasteiger partial charge >= 0.3 is 0 Å². The molecule has 0 aliphatic carbocycles. The normalized spacial score (nSPS) is 26.7. The number of thioether (sulfide) groups is 1. The standard InChI is InChI=1S/C17H25N3O3S/c1-19-7-15(18-12-19)16(21)20-10-17(11-20)6-14(9-24-17)23-8-13-2-4-22-5-3-13/h7,12-14H,2-6,8-11H2,1H3. The number of carbonyl (C=O) groups excluding carboxylic acids is 1. The lowest BCUT2D eigenvalue weighted by molar-refractivity contribution is -0.0119. The number of rotatable bonds is 4. The van der Waals surface area contributed by atoms with Crippen LogP contribution in [-0.4, -0.2) is 69.9 Å². The minimum Gasteiger partial charge on any atom is -0.381 e. The van der Waals surface area contributed by atoms with Crippen LogP contribution in [0, 0.1) is 5.92 Å². The molecule has 0 bridgehead atoms. The van der Waals surface area contributed by atoms with Gasteiger partial charge in [-0.1, -0.05) is 0 Å². The summed E-state index contributed by atoms with van der Waals surface area (Å²) in [4.78, 5) is 18.5. The van der Waals surface area contributed by atoms with Crippen LogP contribution in [-0.2, 0) is 16.5 Å². The van der Waals surface area contributed by atoms with Crippen molar-refractivity contribution < 1.29 is 14.3 Å². The molecule has 1 spiro atoms. The Balaban J connectivity index is 1.23. The van der Waals surface area contributed by atoms with Crippen LogP contribution in [0.25, 0.3) is 0 Å². The summed E-state index contributed by atoms with van der Waals surface area (Å²) >= 11 is 1.98. The molecular formula is C17H25N3O3S. The Morgan fingerprint density at radius 2 is 2.25 bits per heavy atom. The Hall–Kier alpha value is -1.05. The number of aromatic nitrogens is 2. The van der Waals surface area contributed by atoms with Crippen LogP contribution < -0.4 is 0 Å². The molecule has 3 fully saturated rings. The van der Waals surface area contributed by atoms with E-state index in [0.717, 1.165) is 57.9 Å². The highest BCUT2D eigenvalue weighted by atomic mass is 32.2. The second-order valence-corrected chi connectivity index (χ2v) is 8.78. The third kappa shape index (κ3) is 3.34. The maximum absolute atomic E-state index is 12.4. The number of hydrogen-bond acceptors (Lipinski definition) is 5. The predicted octanol–water partition coefficient (Wildman–Crippen LogP) is 1.56. The third-order valence-corrected chi connectivity index (χ3v) is 6.83. The van der Waals surface area contributed by atoms with Crippen LogP contribution in [0.1, 0.15) is 29.8 Å². The molecular weight excluding hydrogens is 326 g/mol. The van der Waals surface area contributed by atoms with E-state index in [1.807, 2.05) is 28.3 Å². The summed E-state index contributed by atoms with van der Waals surface area (Å²) in [6.07, 6.45) is 7.11. The van der Waals surface area contributed by atoms with Gasteiger partial charge in [0.15, 0.2) is 0 Å². The minimum atomic E-state index is 0.0494. The molecule has 1 unspecified atom stereocenters. The van der Waals surface area contributed by atoms with Crippen molar-refractivity contribution in [2.75, 3.05) is 38.7 Å². The van der Waals surface area contributed by atoms with Gasteiger partial charge in [-0.05, 0) is 25.2 Å². The molecule has 0 saturated carbocycles. The number of hydrogen-bond donors (Lipinski definition) is 0. The molecule has 3 aliphatic heterocycles. The average Bonchev–Trinajstić information content (AvgIpc) is 3.18. The summed E-state index contributed by atoms with van der Waals surface area (Å²) in [5, 5.41) is 0. The molecule has 7 heteroatoms. The lowest BCUT2D eigenvalue weighted by Gasteiger charge is -2.47. The fourth-order valence-electron chi connectivity index (χ4n) is 3.79. The van der Waals surface area contributed by atoms with E-state index >= 15 is 0 Å². The van der Waals surface area contributed by atoms with Gasteiger partial charge < -0.3 is 18.9 Å². The number of amides is 1. The monoisotopic (exact) mass is 351 g/mol. The van der Waals surface area contributed by atoms with E-state index in [2.05, 4.69) is 4.98 Å². The van der Waals surface area contributed by atoms with Gasteiger partial charge in [-0.15, -0.1) is 11.8 Å². The van der Waals surface area contributed by atoms with Crippen LogP contribution in [0.15, 0.2) is 12.5 Å². The van der Waals surface area contributed by atoms with Gasteiger partial charge in [-0.25, -0.2) is 4.98 Å². The highest BCUT2D eigenvalue weighted by molar-refractivity contribution is 8.01. The van der Waals surface area contributed by atoms with Crippen molar-refractivity contribution in [3.8, 4) is 0 Å². The van der Waals surface area contributed by atoms with Gasteiger partial charge in [-0.2, -0.15) is 0 Å². The van der Waals surface area contributed by atoms with Crippen LogP contribution in [0.2, 0.25) is 0 Å². The zero-order chi connectivity index (χ0) is 16.6. The molecule has 0 radical (unpaired) electrons. The average molecular weight is 351 g/mol. The molecule has 1 atom stereocenters. The van der Waals surface area contributed by atoms with Crippen molar-refractivity contribution in [1.29, 1.82) is 0 Å². The van der Waals surface area contributed by atoms with Crippen molar-refractivity contribution >= 4 is 17.7 Å². The SMILES string of the molecule is Cn1cnc(C(=O)N2CC3(CC(OCC4CCOCC4)CS3)C2)c1. The smallest absolute Gasteiger partial charge is 0.274 e. The van der Waals surface area contributed by atoms with E-state index < -0.39 is 0 Å². The topological polar surface area (TPSA) is 56.6 Å². The number of ether oxygens (including phenoxy) is 2. The Morgan fingerprint density at radius 3 is 2.96 bits per heavy atom. The van der Waals surface area contributed by atoms with Crippen molar-refractivity contribution in [3.63, 3.8) is 0 Å². The van der Waals surface area contributed by atoms with E-state index in [9.17, 15) is 4.79 Å². The van der Waals surface area contributed by atoms with E-state index in [4.69, 9.17) is 9.47 Å². The molecule has 1 aromatic heterocycles. The summed E-state index contributed by atoms with van der Waals surface area (Å²) in [6, 6.07) is 0. The molecule has 132 valence electrons. The Labute approximate surface area is 146 Å².